The minimum atomic E-state index is -0.383. The maximum atomic E-state index is 13.6. The Morgan fingerprint density at radius 1 is 1.37 bits per heavy atom. The Bertz CT molecular complexity index is 554. The van der Waals surface area contributed by atoms with Crippen molar-refractivity contribution in [3.63, 3.8) is 0 Å². The summed E-state index contributed by atoms with van der Waals surface area (Å²) >= 11 is 0. The van der Waals surface area contributed by atoms with Crippen LogP contribution < -0.4 is 16.0 Å². The van der Waals surface area contributed by atoms with Crippen LogP contribution in [0.15, 0.2) is 34.7 Å². The molecule has 0 spiro atoms. The van der Waals surface area contributed by atoms with E-state index in [0.717, 1.165) is 17.1 Å². The molecule has 1 heterocycles. The molecule has 2 rings (SSSR count). The van der Waals surface area contributed by atoms with E-state index in [-0.39, 0.29) is 17.6 Å². The molecule has 5 heteroatoms. The van der Waals surface area contributed by atoms with Crippen LogP contribution >= 0.6 is 0 Å². The molecule has 0 saturated heterocycles. The van der Waals surface area contributed by atoms with Crippen molar-refractivity contribution in [3.8, 4) is 5.75 Å². The van der Waals surface area contributed by atoms with Crippen molar-refractivity contribution in [3.05, 3.63) is 53.2 Å². The molecule has 1 aromatic carbocycles. The molecule has 19 heavy (non-hydrogen) atoms. The first-order chi connectivity index (χ1) is 9.13. The highest BCUT2D eigenvalue weighted by Crippen LogP contribution is 2.23. The second-order valence-corrected chi connectivity index (χ2v) is 4.34. The topological polar surface area (TPSA) is 60.4 Å². The van der Waals surface area contributed by atoms with Gasteiger partial charge in [0.1, 0.15) is 11.5 Å². The number of hydrazine groups is 1. The first kappa shape index (κ1) is 13.6. The lowest BCUT2D eigenvalue weighted by Gasteiger charge is -2.14. The van der Waals surface area contributed by atoms with Gasteiger partial charge in [0, 0.05) is 0 Å². The van der Waals surface area contributed by atoms with Gasteiger partial charge in [0.05, 0.1) is 13.2 Å². The fraction of sp³-hybridized carbons (Fsp3) is 0.286. The van der Waals surface area contributed by atoms with Crippen molar-refractivity contribution in [2.45, 2.75) is 19.4 Å². The van der Waals surface area contributed by atoms with Crippen molar-refractivity contribution < 1.29 is 13.5 Å². The molecule has 0 aliphatic heterocycles. The quantitative estimate of drug-likeness (QED) is 0.643. The molecule has 0 saturated carbocycles. The summed E-state index contributed by atoms with van der Waals surface area (Å²) in [5.74, 6) is 6.92. The van der Waals surface area contributed by atoms with Gasteiger partial charge in [0.15, 0.2) is 11.6 Å². The number of aryl methyl sites for hydroxylation is 1. The number of nitrogens with one attached hydrogen (secondary N) is 1. The first-order valence-electron chi connectivity index (χ1n) is 5.99. The summed E-state index contributed by atoms with van der Waals surface area (Å²) in [6.07, 6.45) is 0.532. The van der Waals surface area contributed by atoms with E-state index in [4.69, 9.17) is 15.0 Å². The second-order valence-electron chi connectivity index (χ2n) is 4.34. The summed E-state index contributed by atoms with van der Waals surface area (Å²) < 4.78 is 24.0. The number of benzene rings is 1. The number of ether oxygens (including phenoxy) is 1. The normalized spacial score (nSPS) is 12.4. The zero-order valence-corrected chi connectivity index (χ0v) is 10.9. The van der Waals surface area contributed by atoms with E-state index < -0.39 is 0 Å². The maximum absolute atomic E-state index is 13.6. The molecule has 0 amide bonds. The van der Waals surface area contributed by atoms with E-state index in [2.05, 4.69) is 5.43 Å². The lowest BCUT2D eigenvalue weighted by molar-refractivity contribution is 0.384. The third-order valence-electron chi connectivity index (χ3n) is 2.96. The van der Waals surface area contributed by atoms with Gasteiger partial charge in [-0.2, -0.15) is 0 Å². The molecule has 1 aromatic heterocycles. The van der Waals surface area contributed by atoms with Crippen molar-refractivity contribution in [1.82, 2.24) is 5.43 Å². The minimum Gasteiger partial charge on any atom is -0.494 e. The summed E-state index contributed by atoms with van der Waals surface area (Å²) in [6.45, 7) is 1.87. The summed E-state index contributed by atoms with van der Waals surface area (Å²) in [6, 6.07) is 8.39. The highest BCUT2D eigenvalue weighted by molar-refractivity contribution is 5.30. The molecule has 0 bridgehead atoms. The molecule has 102 valence electrons. The number of methoxy groups -OCH3 is 1. The number of nitrogens with two attached hydrogens (primary N) is 1. The summed E-state index contributed by atoms with van der Waals surface area (Å²) in [5, 5.41) is 0. The van der Waals surface area contributed by atoms with Crippen molar-refractivity contribution in [2.24, 2.45) is 5.84 Å². The maximum Gasteiger partial charge on any atom is 0.165 e. The fourth-order valence-electron chi connectivity index (χ4n) is 1.95. The first-order valence-corrected chi connectivity index (χ1v) is 5.99. The van der Waals surface area contributed by atoms with Gasteiger partial charge in [-0.3, -0.25) is 5.84 Å². The van der Waals surface area contributed by atoms with Gasteiger partial charge in [-0.1, -0.05) is 6.07 Å². The molecule has 0 aliphatic carbocycles. The monoisotopic (exact) mass is 264 g/mol. The Hall–Kier alpha value is -1.85. The third-order valence-corrected chi connectivity index (χ3v) is 2.96. The lowest BCUT2D eigenvalue weighted by atomic mass is 10.0. The highest BCUT2D eigenvalue weighted by atomic mass is 19.1. The van der Waals surface area contributed by atoms with Gasteiger partial charge in [0.25, 0.3) is 0 Å². The molecule has 0 aliphatic rings. The molecule has 2 aromatic rings. The van der Waals surface area contributed by atoms with Crippen molar-refractivity contribution in [2.75, 3.05) is 7.11 Å². The van der Waals surface area contributed by atoms with Crippen LogP contribution in [0, 0.1) is 12.7 Å². The van der Waals surface area contributed by atoms with Crippen LogP contribution in [-0.4, -0.2) is 7.11 Å². The van der Waals surface area contributed by atoms with Crippen LogP contribution in [0.2, 0.25) is 0 Å². The number of hydrogen-bond acceptors (Lipinski definition) is 4. The van der Waals surface area contributed by atoms with Crippen LogP contribution in [0.3, 0.4) is 0 Å². The molecule has 4 nitrogen and oxygen atoms in total. The molecule has 1 unspecified atom stereocenters. The standard InChI is InChI=1S/C14H17FN2O2/c1-9-3-5-14(19-9)12(17-16)8-10-4-6-13(18-2)11(15)7-10/h3-7,12,17H,8,16H2,1-2H3. The van der Waals surface area contributed by atoms with E-state index in [1.807, 2.05) is 25.1 Å². The predicted octanol–water partition coefficient (Wildman–Crippen LogP) is 2.48. The van der Waals surface area contributed by atoms with Crippen molar-refractivity contribution >= 4 is 0 Å². The van der Waals surface area contributed by atoms with Crippen LogP contribution in [-0.2, 0) is 6.42 Å². The van der Waals surface area contributed by atoms with Crippen LogP contribution in [0.25, 0.3) is 0 Å². The molecular formula is C14H17FN2O2. The lowest BCUT2D eigenvalue weighted by Crippen LogP contribution is -2.29. The Balaban J connectivity index is 2.16. The molecule has 0 fully saturated rings. The Morgan fingerprint density at radius 3 is 2.68 bits per heavy atom. The number of hydrogen-bond donors (Lipinski definition) is 2. The Morgan fingerprint density at radius 2 is 2.16 bits per heavy atom. The number of rotatable bonds is 5. The predicted molar refractivity (Wildman–Crippen MR) is 70.2 cm³/mol. The third kappa shape index (κ3) is 3.13. The number of halogens is 1. The van der Waals surface area contributed by atoms with E-state index in [1.165, 1.54) is 13.2 Å². The van der Waals surface area contributed by atoms with Crippen LogP contribution in [0.1, 0.15) is 23.1 Å². The molecular weight excluding hydrogens is 247 g/mol. The second kappa shape index (κ2) is 5.86. The Labute approximate surface area is 111 Å². The van der Waals surface area contributed by atoms with E-state index >= 15 is 0 Å². The average molecular weight is 264 g/mol. The molecule has 1 atom stereocenters. The van der Waals surface area contributed by atoms with Crippen LogP contribution in [0.5, 0.6) is 5.75 Å². The minimum absolute atomic E-state index is 0.193. The zero-order valence-electron chi connectivity index (χ0n) is 10.9. The van der Waals surface area contributed by atoms with Crippen molar-refractivity contribution in [1.29, 1.82) is 0 Å². The van der Waals surface area contributed by atoms with Gasteiger partial charge in [-0.05, 0) is 43.2 Å². The smallest absolute Gasteiger partial charge is 0.165 e. The fourth-order valence-corrected chi connectivity index (χ4v) is 1.95. The van der Waals surface area contributed by atoms with Gasteiger partial charge in [-0.15, -0.1) is 0 Å². The molecule has 3 N–H and O–H groups in total. The van der Waals surface area contributed by atoms with Gasteiger partial charge in [-0.25, -0.2) is 9.82 Å². The Kier molecular flexibility index (Phi) is 4.19. The van der Waals surface area contributed by atoms with Gasteiger partial charge >= 0.3 is 0 Å². The van der Waals surface area contributed by atoms with E-state index in [1.54, 1.807) is 6.07 Å². The number of furan rings is 1. The van der Waals surface area contributed by atoms with E-state index in [0.29, 0.717) is 6.42 Å². The van der Waals surface area contributed by atoms with Gasteiger partial charge in [0.2, 0.25) is 0 Å². The zero-order chi connectivity index (χ0) is 13.8. The van der Waals surface area contributed by atoms with Crippen LogP contribution in [0.4, 0.5) is 4.39 Å². The SMILES string of the molecule is COc1ccc(CC(NN)c2ccc(C)o2)cc1F. The summed E-state index contributed by atoms with van der Waals surface area (Å²) in [5.41, 5.74) is 3.50. The summed E-state index contributed by atoms with van der Waals surface area (Å²) in [4.78, 5) is 0. The van der Waals surface area contributed by atoms with Gasteiger partial charge < -0.3 is 9.15 Å². The summed E-state index contributed by atoms with van der Waals surface area (Å²) in [7, 11) is 1.44. The van der Waals surface area contributed by atoms with E-state index in [9.17, 15) is 4.39 Å². The molecule has 0 radical (unpaired) electrons. The highest BCUT2D eigenvalue weighted by Gasteiger charge is 2.15. The largest absolute Gasteiger partial charge is 0.494 e. The average Bonchev–Trinajstić information content (AvgIpc) is 2.82.